The highest BCUT2D eigenvalue weighted by Gasteiger charge is 2.28. The molecule has 28 heavy (non-hydrogen) atoms. The molecule has 1 N–H and O–H groups in total. The van der Waals surface area contributed by atoms with Crippen LogP contribution in [0.15, 0.2) is 36.5 Å². The molecule has 0 radical (unpaired) electrons. The zero-order valence-electron chi connectivity index (χ0n) is 16.7. The molecule has 0 aliphatic carbocycles. The number of rotatable bonds is 5. The number of nitrogens with one attached hydrogen (secondary N) is 1. The second-order valence-corrected chi connectivity index (χ2v) is 7.32. The number of carbonyl (C=O) groups excluding carboxylic acids is 2. The number of para-hydroxylation sites is 1. The zero-order chi connectivity index (χ0) is 20.1. The lowest BCUT2D eigenvalue weighted by molar-refractivity contribution is -0.130. The molecule has 1 aromatic carbocycles. The van der Waals surface area contributed by atoms with Crippen LogP contribution in [0, 0.1) is 6.92 Å². The summed E-state index contributed by atoms with van der Waals surface area (Å²) in [4.78, 5) is 37.6. The third-order valence-corrected chi connectivity index (χ3v) is 5.02. The molecule has 7 heteroatoms. The van der Waals surface area contributed by atoms with Gasteiger partial charge in [0.15, 0.2) is 0 Å². The van der Waals surface area contributed by atoms with Crippen molar-refractivity contribution in [1.82, 2.24) is 19.8 Å². The number of amides is 2. The quantitative estimate of drug-likeness (QED) is 0.861. The SMILES string of the molecule is Cc1nc([C@@H]2CCCCN2CC(=O)N(C)C)ncc1C(=O)Nc1ccccc1. The Morgan fingerprint density at radius 3 is 2.64 bits per heavy atom. The van der Waals surface area contributed by atoms with E-state index in [1.165, 1.54) is 0 Å². The predicted octanol–water partition coefficient (Wildman–Crippen LogP) is 2.65. The first-order valence-corrected chi connectivity index (χ1v) is 9.60. The molecule has 1 aliphatic heterocycles. The van der Waals surface area contributed by atoms with E-state index in [9.17, 15) is 9.59 Å². The van der Waals surface area contributed by atoms with E-state index in [-0.39, 0.29) is 17.9 Å². The minimum Gasteiger partial charge on any atom is -0.348 e. The van der Waals surface area contributed by atoms with E-state index in [1.807, 2.05) is 37.3 Å². The summed E-state index contributed by atoms with van der Waals surface area (Å²) < 4.78 is 0. The van der Waals surface area contributed by atoms with Gasteiger partial charge in [-0.05, 0) is 38.4 Å². The summed E-state index contributed by atoms with van der Waals surface area (Å²) in [5, 5.41) is 2.87. The van der Waals surface area contributed by atoms with Crippen molar-refractivity contribution in [3.05, 3.63) is 53.6 Å². The molecule has 1 fully saturated rings. The monoisotopic (exact) mass is 381 g/mol. The van der Waals surface area contributed by atoms with Gasteiger partial charge in [0.2, 0.25) is 5.91 Å². The maximum atomic E-state index is 12.6. The molecule has 1 atom stereocenters. The van der Waals surface area contributed by atoms with Crippen LogP contribution < -0.4 is 5.32 Å². The van der Waals surface area contributed by atoms with Gasteiger partial charge in [-0.15, -0.1) is 0 Å². The molecule has 2 aromatic rings. The van der Waals surface area contributed by atoms with Gasteiger partial charge < -0.3 is 10.2 Å². The van der Waals surface area contributed by atoms with Crippen molar-refractivity contribution in [2.24, 2.45) is 0 Å². The molecule has 2 heterocycles. The Hall–Kier alpha value is -2.80. The van der Waals surface area contributed by atoms with Gasteiger partial charge in [0, 0.05) is 26.0 Å². The second kappa shape index (κ2) is 8.93. The first-order chi connectivity index (χ1) is 13.5. The van der Waals surface area contributed by atoms with Gasteiger partial charge >= 0.3 is 0 Å². The molecule has 2 amide bonds. The van der Waals surface area contributed by atoms with Crippen molar-refractivity contribution in [3.8, 4) is 0 Å². The lowest BCUT2D eigenvalue weighted by Crippen LogP contribution is -2.41. The Bertz CT molecular complexity index is 838. The summed E-state index contributed by atoms with van der Waals surface area (Å²) >= 11 is 0. The molecular formula is C21H27N5O2. The molecule has 0 bridgehead atoms. The van der Waals surface area contributed by atoms with E-state index in [1.54, 1.807) is 25.2 Å². The van der Waals surface area contributed by atoms with Crippen molar-refractivity contribution in [2.75, 3.05) is 32.5 Å². The van der Waals surface area contributed by atoms with E-state index in [0.29, 0.717) is 23.6 Å². The zero-order valence-corrected chi connectivity index (χ0v) is 16.7. The van der Waals surface area contributed by atoms with Crippen LogP contribution in [0.25, 0.3) is 0 Å². The Labute approximate surface area is 165 Å². The fourth-order valence-corrected chi connectivity index (χ4v) is 3.38. The van der Waals surface area contributed by atoms with Gasteiger partial charge in [-0.2, -0.15) is 0 Å². The molecule has 1 aromatic heterocycles. The van der Waals surface area contributed by atoms with Gasteiger partial charge in [-0.1, -0.05) is 24.6 Å². The highest BCUT2D eigenvalue weighted by Crippen LogP contribution is 2.29. The maximum Gasteiger partial charge on any atom is 0.259 e. The van der Waals surface area contributed by atoms with Gasteiger partial charge in [-0.3, -0.25) is 14.5 Å². The molecule has 0 spiro atoms. The number of piperidine rings is 1. The number of anilines is 1. The van der Waals surface area contributed by atoms with E-state index in [4.69, 9.17) is 0 Å². The summed E-state index contributed by atoms with van der Waals surface area (Å²) in [7, 11) is 3.53. The standard InChI is InChI=1S/C21H27N5O2/c1-15-17(21(28)24-16-9-5-4-6-10-16)13-22-20(23-15)18-11-7-8-12-26(18)14-19(27)25(2)3/h4-6,9-10,13,18H,7-8,11-12,14H2,1-3H3,(H,24,28)/t18-/m0/s1. The average Bonchev–Trinajstić information content (AvgIpc) is 2.69. The molecule has 0 saturated carbocycles. The smallest absolute Gasteiger partial charge is 0.259 e. The van der Waals surface area contributed by atoms with Crippen LogP contribution in [0.2, 0.25) is 0 Å². The van der Waals surface area contributed by atoms with Crippen molar-refractivity contribution >= 4 is 17.5 Å². The summed E-state index contributed by atoms with van der Waals surface area (Å²) in [6.45, 7) is 3.03. The van der Waals surface area contributed by atoms with Crippen molar-refractivity contribution in [3.63, 3.8) is 0 Å². The van der Waals surface area contributed by atoms with Gasteiger partial charge in [-0.25, -0.2) is 9.97 Å². The fourth-order valence-electron chi connectivity index (χ4n) is 3.38. The largest absolute Gasteiger partial charge is 0.348 e. The first kappa shape index (κ1) is 19.9. The summed E-state index contributed by atoms with van der Waals surface area (Å²) in [5.74, 6) is 0.529. The number of likely N-dealkylation sites (N-methyl/N-ethyl adjacent to an activating group) is 1. The van der Waals surface area contributed by atoms with Gasteiger partial charge in [0.1, 0.15) is 5.82 Å². The number of aromatic nitrogens is 2. The normalized spacial score (nSPS) is 17.2. The van der Waals surface area contributed by atoms with Crippen LogP contribution >= 0.6 is 0 Å². The summed E-state index contributed by atoms with van der Waals surface area (Å²) in [6, 6.07) is 9.32. The van der Waals surface area contributed by atoms with Gasteiger partial charge in [0.25, 0.3) is 5.91 Å². The number of aryl methyl sites for hydroxylation is 1. The highest BCUT2D eigenvalue weighted by molar-refractivity contribution is 6.04. The van der Waals surface area contributed by atoms with Crippen LogP contribution in [0.1, 0.15) is 47.2 Å². The van der Waals surface area contributed by atoms with Crippen molar-refractivity contribution in [1.29, 1.82) is 0 Å². The summed E-state index contributed by atoms with van der Waals surface area (Å²) in [5.41, 5.74) is 1.83. The molecular weight excluding hydrogens is 354 g/mol. The van der Waals surface area contributed by atoms with E-state index in [0.717, 1.165) is 31.5 Å². The summed E-state index contributed by atoms with van der Waals surface area (Å²) in [6.07, 6.45) is 4.65. The average molecular weight is 381 g/mol. The predicted molar refractivity (Wildman–Crippen MR) is 108 cm³/mol. The molecule has 1 aliphatic rings. The molecule has 148 valence electrons. The first-order valence-electron chi connectivity index (χ1n) is 9.60. The lowest BCUT2D eigenvalue weighted by Gasteiger charge is -2.34. The molecule has 7 nitrogen and oxygen atoms in total. The van der Waals surface area contributed by atoms with Gasteiger partial charge in [0.05, 0.1) is 23.8 Å². The second-order valence-electron chi connectivity index (χ2n) is 7.32. The minimum absolute atomic E-state index is 0.00239. The number of likely N-dealkylation sites (tertiary alicyclic amines) is 1. The number of carbonyl (C=O) groups is 2. The molecule has 3 rings (SSSR count). The third-order valence-electron chi connectivity index (χ3n) is 5.02. The number of nitrogens with zero attached hydrogens (tertiary/aromatic N) is 4. The molecule has 0 unspecified atom stereocenters. The van der Waals surface area contributed by atoms with Crippen LogP contribution in [-0.4, -0.2) is 58.8 Å². The Morgan fingerprint density at radius 2 is 1.96 bits per heavy atom. The lowest BCUT2D eigenvalue weighted by atomic mass is 10.0. The maximum absolute atomic E-state index is 12.6. The van der Waals surface area contributed by atoms with Crippen LogP contribution in [0.3, 0.4) is 0 Å². The highest BCUT2D eigenvalue weighted by atomic mass is 16.2. The van der Waals surface area contributed by atoms with Crippen LogP contribution in [0.5, 0.6) is 0 Å². The number of hydrogen-bond acceptors (Lipinski definition) is 5. The van der Waals surface area contributed by atoms with Crippen LogP contribution in [0.4, 0.5) is 5.69 Å². The van der Waals surface area contributed by atoms with Crippen LogP contribution in [-0.2, 0) is 4.79 Å². The van der Waals surface area contributed by atoms with Crippen molar-refractivity contribution < 1.29 is 9.59 Å². The minimum atomic E-state index is -0.224. The fraction of sp³-hybridized carbons (Fsp3) is 0.429. The number of hydrogen-bond donors (Lipinski definition) is 1. The van der Waals surface area contributed by atoms with E-state index >= 15 is 0 Å². The van der Waals surface area contributed by atoms with E-state index < -0.39 is 0 Å². The van der Waals surface area contributed by atoms with Crippen molar-refractivity contribution in [2.45, 2.75) is 32.2 Å². The Kier molecular flexibility index (Phi) is 6.36. The Balaban J connectivity index is 1.76. The number of benzene rings is 1. The topological polar surface area (TPSA) is 78.4 Å². The molecule has 1 saturated heterocycles. The van der Waals surface area contributed by atoms with E-state index in [2.05, 4.69) is 20.2 Å². The Morgan fingerprint density at radius 1 is 1.21 bits per heavy atom. The third kappa shape index (κ3) is 4.72.